The number of nitrogens with zero attached hydrogens (tertiary/aromatic N) is 2. The molecular weight excluding hydrogens is 316 g/mol. The molecule has 0 radical (unpaired) electrons. The van der Waals surface area contributed by atoms with E-state index in [1.54, 1.807) is 0 Å². The largest absolute Gasteiger partial charge is 0.383 e. The van der Waals surface area contributed by atoms with E-state index in [2.05, 4.69) is 0 Å². The van der Waals surface area contributed by atoms with E-state index in [4.69, 9.17) is 26.3 Å². The fourth-order valence-electron chi connectivity index (χ4n) is 1.65. The van der Waals surface area contributed by atoms with Crippen molar-refractivity contribution in [1.29, 1.82) is 5.26 Å². The van der Waals surface area contributed by atoms with Crippen molar-refractivity contribution in [3.8, 4) is 6.07 Å². The molecule has 0 bridgehead atoms. The van der Waals surface area contributed by atoms with Gasteiger partial charge in [-0.1, -0.05) is 11.6 Å². The summed E-state index contributed by atoms with van der Waals surface area (Å²) in [6.45, 7) is 0.849. The maximum atomic E-state index is 12.7. The molecule has 0 unspecified atom stereocenters. The van der Waals surface area contributed by atoms with Crippen LogP contribution >= 0.6 is 11.6 Å². The van der Waals surface area contributed by atoms with Gasteiger partial charge in [0.2, 0.25) is 10.0 Å². The fourth-order valence-corrected chi connectivity index (χ4v) is 3.56. The van der Waals surface area contributed by atoms with Crippen LogP contribution in [0.4, 0.5) is 0 Å². The summed E-state index contributed by atoms with van der Waals surface area (Å²) >= 11 is 5.97. The Bertz CT molecular complexity index is 605. The highest BCUT2D eigenvalue weighted by Gasteiger charge is 2.26. The monoisotopic (exact) mass is 332 g/mol. The van der Waals surface area contributed by atoms with E-state index < -0.39 is 10.0 Å². The molecule has 0 fully saturated rings. The SMILES string of the molecule is COCCN(CCOC)S(=O)(=O)c1cc(C#N)ccc1Cl. The topological polar surface area (TPSA) is 79.6 Å². The molecule has 0 heterocycles. The van der Waals surface area contributed by atoms with Gasteiger partial charge >= 0.3 is 0 Å². The molecule has 6 nitrogen and oxygen atoms in total. The summed E-state index contributed by atoms with van der Waals surface area (Å²) < 4.78 is 36.4. The number of benzene rings is 1. The Morgan fingerprint density at radius 2 is 1.81 bits per heavy atom. The first-order chi connectivity index (χ1) is 9.97. The van der Waals surface area contributed by atoms with Crippen molar-refractivity contribution in [3.05, 3.63) is 28.8 Å². The van der Waals surface area contributed by atoms with Gasteiger partial charge in [0.15, 0.2) is 0 Å². The third kappa shape index (κ3) is 4.66. The molecule has 116 valence electrons. The first kappa shape index (κ1) is 17.9. The Balaban J connectivity index is 3.18. The summed E-state index contributed by atoms with van der Waals surface area (Å²) in [6, 6.07) is 6.04. The van der Waals surface area contributed by atoms with Crippen molar-refractivity contribution >= 4 is 21.6 Å². The van der Waals surface area contributed by atoms with Crippen LogP contribution in [0.1, 0.15) is 5.56 Å². The molecule has 1 aromatic rings. The van der Waals surface area contributed by atoms with Crippen LogP contribution in [0.15, 0.2) is 23.1 Å². The molecule has 0 spiro atoms. The van der Waals surface area contributed by atoms with Gasteiger partial charge < -0.3 is 9.47 Å². The zero-order chi connectivity index (χ0) is 15.9. The summed E-state index contributed by atoms with van der Waals surface area (Å²) in [5.41, 5.74) is 0.233. The van der Waals surface area contributed by atoms with E-state index in [1.165, 1.54) is 36.7 Å². The van der Waals surface area contributed by atoms with Crippen LogP contribution in [0.5, 0.6) is 0 Å². The molecule has 0 amide bonds. The second-order valence-electron chi connectivity index (χ2n) is 4.15. The van der Waals surface area contributed by atoms with Crippen LogP contribution < -0.4 is 0 Å². The molecule has 0 atom stereocenters. The molecular formula is C13H17ClN2O4S. The van der Waals surface area contributed by atoms with Gasteiger partial charge in [0.1, 0.15) is 4.90 Å². The maximum absolute atomic E-state index is 12.7. The number of hydrogen-bond acceptors (Lipinski definition) is 5. The predicted molar refractivity (Wildman–Crippen MR) is 78.7 cm³/mol. The summed E-state index contributed by atoms with van der Waals surface area (Å²) in [5.74, 6) is 0. The highest BCUT2D eigenvalue weighted by molar-refractivity contribution is 7.89. The number of rotatable bonds is 8. The lowest BCUT2D eigenvalue weighted by molar-refractivity contribution is 0.150. The Morgan fingerprint density at radius 1 is 1.24 bits per heavy atom. The van der Waals surface area contributed by atoms with Crippen LogP contribution in [-0.4, -0.2) is 53.2 Å². The standard InChI is InChI=1S/C13H17ClN2O4S/c1-19-7-5-16(6-8-20-2)21(17,18)13-9-11(10-15)3-4-12(13)14/h3-4,9H,5-8H2,1-2H3. The maximum Gasteiger partial charge on any atom is 0.244 e. The van der Waals surface area contributed by atoms with Gasteiger partial charge in [-0.3, -0.25) is 0 Å². The quantitative estimate of drug-likeness (QED) is 0.720. The first-order valence-corrected chi connectivity index (χ1v) is 7.96. The second kappa shape index (κ2) is 8.32. The van der Waals surface area contributed by atoms with Crippen molar-refractivity contribution in [1.82, 2.24) is 4.31 Å². The molecule has 0 saturated carbocycles. The molecule has 8 heteroatoms. The highest BCUT2D eigenvalue weighted by atomic mass is 35.5. The summed E-state index contributed by atoms with van der Waals surface area (Å²) in [5, 5.41) is 8.98. The number of nitriles is 1. The number of methoxy groups -OCH3 is 2. The van der Waals surface area contributed by atoms with Gasteiger partial charge in [-0.05, 0) is 18.2 Å². The van der Waals surface area contributed by atoms with Gasteiger partial charge in [-0.2, -0.15) is 9.57 Å². The van der Waals surface area contributed by atoms with Crippen molar-refractivity contribution < 1.29 is 17.9 Å². The van der Waals surface area contributed by atoms with E-state index in [1.807, 2.05) is 6.07 Å². The minimum Gasteiger partial charge on any atom is -0.383 e. The molecule has 1 rings (SSSR count). The number of halogens is 1. The smallest absolute Gasteiger partial charge is 0.244 e. The summed E-state index contributed by atoms with van der Waals surface area (Å²) in [6.07, 6.45) is 0. The summed E-state index contributed by atoms with van der Waals surface area (Å²) in [4.78, 5) is -0.0876. The van der Waals surface area contributed by atoms with Gasteiger partial charge in [0.25, 0.3) is 0 Å². The number of hydrogen-bond donors (Lipinski definition) is 0. The molecule has 0 N–H and O–H groups in total. The van der Waals surface area contributed by atoms with Gasteiger partial charge in [-0.15, -0.1) is 0 Å². The summed E-state index contributed by atoms with van der Waals surface area (Å²) in [7, 11) is -0.838. The lowest BCUT2D eigenvalue weighted by Crippen LogP contribution is -2.36. The number of sulfonamides is 1. The van der Waals surface area contributed by atoms with Crippen LogP contribution in [-0.2, 0) is 19.5 Å². The highest BCUT2D eigenvalue weighted by Crippen LogP contribution is 2.25. The van der Waals surface area contributed by atoms with Crippen molar-refractivity contribution in [3.63, 3.8) is 0 Å². The van der Waals surface area contributed by atoms with Gasteiger partial charge in [-0.25, -0.2) is 8.42 Å². The molecule has 0 aliphatic heterocycles. The van der Waals surface area contributed by atoms with E-state index in [9.17, 15) is 8.42 Å². The Labute approximate surface area is 129 Å². The average Bonchev–Trinajstić information content (AvgIpc) is 2.47. The van der Waals surface area contributed by atoms with E-state index in [-0.39, 0.29) is 41.8 Å². The third-order valence-electron chi connectivity index (χ3n) is 2.77. The van der Waals surface area contributed by atoms with E-state index in [0.29, 0.717) is 0 Å². The molecule has 1 aromatic carbocycles. The fraction of sp³-hybridized carbons (Fsp3) is 0.462. The van der Waals surface area contributed by atoms with Gasteiger partial charge in [0.05, 0.1) is 29.9 Å². The van der Waals surface area contributed by atoms with Crippen molar-refractivity contribution in [2.45, 2.75) is 4.90 Å². The van der Waals surface area contributed by atoms with Crippen LogP contribution in [0.2, 0.25) is 5.02 Å². The minimum absolute atomic E-state index is 0.0776. The lowest BCUT2D eigenvalue weighted by Gasteiger charge is -2.22. The number of ether oxygens (including phenoxy) is 2. The van der Waals surface area contributed by atoms with Crippen LogP contribution in [0.3, 0.4) is 0 Å². The minimum atomic E-state index is -3.82. The zero-order valence-electron chi connectivity index (χ0n) is 11.9. The van der Waals surface area contributed by atoms with Crippen LogP contribution in [0, 0.1) is 11.3 Å². The van der Waals surface area contributed by atoms with Crippen LogP contribution in [0.25, 0.3) is 0 Å². The molecule has 0 saturated heterocycles. The Hall–Kier alpha value is -1.17. The lowest BCUT2D eigenvalue weighted by atomic mass is 10.2. The first-order valence-electron chi connectivity index (χ1n) is 6.15. The third-order valence-corrected chi connectivity index (χ3v) is 5.15. The van der Waals surface area contributed by atoms with Gasteiger partial charge in [0, 0.05) is 27.3 Å². The van der Waals surface area contributed by atoms with Crippen molar-refractivity contribution in [2.24, 2.45) is 0 Å². The normalized spacial score (nSPS) is 11.6. The average molecular weight is 333 g/mol. The Morgan fingerprint density at radius 3 is 2.29 bits per heavy atom. The van der Waals surface area contributed by atoms with Crippen molar-refractivity contribution in [2.75, 3.05) is 40.5 Å². The molecule has 0 aliphatic carbocycles. The Kier molecular flexibility index (Phi) is 7.08. The zero-order valence-corrected chi connectivity index (χ0v) is 13.4. The molecule has 0 aromatic heterocycles. The second-order valence-corrected chi connectivity index (χ2v) is 6.46. The van der Waals surface area contributed by atoms with E-state index in [0.717, 1.165) is 0 Å². The molecule has 0 aliphatic rings. The molecule has 21 heavy (non-hydrogen) atoms. The predicted octanol–water partition coefficient (Wildman–Crippen LogP) is 1.50. The van der Waals surface area contributed by atoms with E-state index >= 15 is 0 Å².